The van der Waals surface area contributed by atoms with Gasteiger partial charge in [0.05, 0.1) is 12.4 Å². The number of fused-ring (bicyclic) bond motifs is 1. The summed E-state index contributed by atoms with van der Waals surface area (Å²) in [5.74, 6) is 0.0357. The van der Waals surface area contributed by atoms with Crippen molar-refractivity contribution in [3.63, 3.8) is 0 Å². The second-order valence-electron chi connectivity index (χ2n) is 6.81. The lowest BCUT2D eigenvalue weighted by atomic mass is 9.83. The molecule has 2 aliphatic carbocycles. The first-order valence-corrected chi connectivity index (χ1v) is 10.00. The number of methoxy groups -OCH3 is 1. The maximum atomic E-state index is 12.7. The van der Waals surface area contributed by atoms with Crippen molar-refractivity contribution in [3.05, 3.63) is 53.5 Å². The first-order chi connectivity index (χ1) is 12.4. The number of sulfonamides is 1. The molecule has 4 rings (SSSR count). The van der Waals surface area contributed by atoms with Crippen LogP contribution in [0, 0.1) is 0 Å². The third-order valence-corrected chi connectivity index (χ3v) is 6.82. The van der Waals surface area contributed by atoms with Crippen LogP contribution < -0.4 is 4.72 Å². The highest BCUT2D eigenvalue weighted by Gasteiger charge is 2.49. The summed E-state index contributed by atoms with van der Waals surface area (Å²) in [6, 6.07) is 9.29. The molecule has 7 nitrogen and oxygen atoms in total. The van der Waals surface area contributed by atoms with E-state index in [0.717, 1.165) is 11.1 Å². The summed E-state index contributed by atoms with van der Waals surface area (Å²) in [7, 11) is -2.10. The Kier molecular flexibility index (Phi) is 3.95. The molecule has 0 saturated heterocycles. The minimum absolute atomic E-state index is 0.182. The van der Waals surface area contributed by atoms with Crippen LogP contribution >= 0.6 is 0 Å². The number of nitrogens with one attached hydrogen (secondary N) is 1. The molecule has 2 aliphatic rings. The molecule has 0 unspecified atom stereocenters. The Morgan fingerprint density at radius 2 is 1.85 bits per heavy atom. The number of aromatic nitrogens is 2. The SMILES string of the molecule is COC(=O)C1(c2nccc(NS(=O)(=O)C3CC3)n2)Cc2ccccc2C1. The summed E-state index contributed by atoms with van der Waals surface area (Å²) in [5, 5.41) is -0.355. The van der Waals surface area contributed by atoms with Gasteiger partial charge in [-0.1, -0.05) is 24.3 Å². The van der Waals surface area contributed by atoms with Crippen LogP contribution in [-0.4, -0.2) is 36.7 Å². The predicted molar refractivity (Wildman–Crippen MR) is 95.1 cm³/mol. The highest BCUT2D eigenvalue weighted by atomic mass is 32.2. The zero-order valence-corrected chi connectivity index (χ0v) is 15.1. The number of ether oxygens (including phenoxy) is 1. The first-order valence-electron chi connectivity index (χ1n) is 8.45. The van der Waals surface area contributed by atoms with Crippen LogP contribution in [0.1, 0.15) is 29.8 Å². The van der Waals surface area contributed by atoms with Crippen LogP contribution in [-0.2, 0) is 37.8 Å². The summed E-state index contributed by atoms with van der Waals surface area (Å²) in [4.78, 5) is 21.3. The number of nitrogens with zero attached hydrogens (tertiary/aromatic N) is 2. The topological polar surface area (TPSA) is 98.2 Å². The maximum absolute atomic E-state index is 12.7. The minimum Gasteiger partial charge on any atom is -0.468 e. The van der Waals surface area contributed by atoms with E-state index >= 15 is 0 Å². The largest absolute Gasteiger partial charge is 0.468 e. The van der Waals surface area contributed by atoms with E-state index in [2.05, 4.69) is 14.7 Å². The summed E-state index contributed by atoms with van der Waals surface area (Å²) in [6.07, 6.45) is 3.65. The standard InChI is InChI=1S/C18H19N3O4S/c1-25-17(22)18(10-12-4-2-3-5-13(12)11-18)16-19-9-8-15(20-16)21-26(23,24)14-6-7-14/h2-5,8-9,14H,6-7,10-11H2,1H3,(H,19,20,21). The summed E-state index contributed by atoms with van der Waals surface area (Å²) in [6.45, 7) is 0. The van der Waals surface area contributed by atoms with Gasteiger partial charge >= 0.3 is 5.97 Å². The summed E-state index contributed by atoms with van der Waals surface area (Å²) < 4.78 is 31.9. The third kappa shape index (κ3) is 2.84. The highest BCUT2D eigenvalue weighted by molar-refractivity contribution is 7.93. The molecule has 0 spiro atoms. The second-order valence-corrected chi connectivity index (χ2v) is 8.77. The predicted octanol–water partition coefficient (Wildman–Crippen LogP) is 1.59. The fraction of sp³-hybridized carbons (Fsp3) is 0.389. The van der Waals surface area contributed by atoms with Gasteiger partial charge < -0.3 is 4.74 Å². The number of anilines is 1. The van der Waals surface area contributed by atoms with E-state index in [9.17, 15) is 13.2 Å². The van der Waals surface area contributed by atoms with E-state index in [-0.39, 0.29) is 16.9 Å². The van der Waals surface area contributed by atoms with Gasteiger partial charge in [0, 0.05) is 6.20 Å². The van der Waals surface area contributed by atoms with Gasteiger partial charge in [-0.15, -0.1) is 0 Å². The van der Waals surface area contributed by atoms with Crippen LogP contribution in [0.2, 0.25) is 0 Å². The Labute approximate surface area is 151 Å². The zero-order chi connectivity index (χ0) is 18.4. The average Bonchev–Trinajstić information content (AvgIpc) is 3.42. The molecule has 8 heteroatoms. The highest BCUT2D eigenvalue weighted by Crippen LogP contribution is 2.39. The zero-order valence-electron chi connectivity index (χ0n) is 14.3. The van der Waals surface area contributed by atoms with Crippen molar-refractivity contribution in [1.82, 2.24) is 9.97 Å². The van der Waals surface area contributed by atoms with E-state index in [1.165, 1.54) is 19.4 Å². The van der Waals surface area contributed by atoms with E-state index < -0.39 is 21.4 Å². The van der Waals surface area contributed by atoms with E-state index in [4.69, 9.17) is 4.74 Å². The lowest BCUT2D eigenvalue weighted by Crippen LogP contribution is -2.40. The molecule has 0 bridgehead atoms. The molecule has 1 N–H and O–H groups in total. The molecule has 1 aromatic carbocycles. The van der Waals surface area contributed by atoms with Gasteiger partial charge in [-0.3, -0.25) is 9.52 Å². The Hall–Kier alpha value is -2.48. The van der Waals surface area contributed by atoms with Crippen molar-refractivity contribution < 1.29 is 17.9 Å². The Bertz CT molecular complexity index is 945. The molecule has 0 atom stereocenters. The normalized spacial score (nSPS) is 18.2. The van der Waals surface area contributed by atoms with Crippen molar-refractivity contribution in [2.45, 2.75) is 36.3 Å². The van der Waals surface area contributed by atoms with Crippen molar-refractivity contribution in [1.29, 1.82) is 0 Å². The number of benzene rings is 1. The van der Waals surface area contributed by atoms with Crippen molar-refractivity contribution in [2.75, 3.05) is 11.8 Å². The van der Waals surface area contributed by atoms with Crippen LogP contribution in [0.25, 0.3) is 0 Å². The smallest absolute Gasteiger partial charge is 0.320 e. The van der Waals surface area contributed by atoms with Crippen molar-refractivity contribution in [2.24, 2.45) is 0 Å². The number of rotatable bonds is 5. The van der Waals surface area contributed by atoms with Gasteiger partial charge in [-0.25, -0.2) is 18.4 Å². The molecule has 1 heterocycles. The molecule has 0 amide bonds. The fourth-order valence-corrected chi connectivity index (χ4v) is 4.79. The monoisotopic (exact) mass is 373 g/mol. The lowest BCUT2D eigenvalue weighted by Gasteiger charge is -2.24. The molecule has 1 aromatic heterocycles. The summed E-state index contributed by atoms with van der Waals surface area (Å²) >= 11 is 0. The second kappa shape index (κ2) is 6.05. The van der Waals surface area contributed by atoms with E-state index in [0.29, 0.717) is 25.7 Å². The van der Waals surface area contributed by atoms with E-state index in [1.807, 2.05) is 24.3 Å². The van der Waals surface area contributed by atoms with Gasteiger partial charge in [0.2, 0.25) is 10.0 Å². The van der Waals surface area contributed by atoms with Gasteiger partial charge in [0.1, 0.15) is 17.1 Å². The van der Waals surface area contributed by atoms with Gasteiger partial charge in [0.25, 0.3) is 0 Å². The Balaban J connectivity index is 1.72. The van der Waals surface area contributed by atoms with Gasteiger partial charge in [-0.05, 0) is 42.9 Å². The number of esters is 1. The molecular weight excluding hydrogens is 354 g/mol. The first kappa shape index (κ1) is 17.0. The minimum atomic E-state index is -3.44. The van der Waals surface area contributed by atoms with Crippen LogP contribution in [0.15, 0.2) is 36.5 Å². The number of hydrogen-bond acceptors (Lipinski definition) is 6. The molecule has 1 saturated carbocycles. The third-order valence-electron chi connectivity index (χ3n) is 4.97. The van der Waals surface area contributed by atoms with Crippen LogP contribution in [0.3, 0.4) is 0 Å². The average molecular weight is 373 g/mol. The lowest BCUT2D eigenvalue weighted by molar-refractivity contribution is -0.147. The number of carbonyl (C=O) groups is 1. The quantitative estimate of drug-likeness (QED) is 0.799. The molecule has 136 valence electrons. The molecule has 0 aliphatic heterocycles. The summed E-state index contributed by atoms with van der Waals surface area (Å²) in [5.41, 5.74) is 1.05. The van der Waals surface area contributed by atoms with Crippen molar-refractivity contribution in [3.8, 4) is 0 Å². The van der Waals surface area contributed by atoms with Crippen molar-refractivity contribution >= 4 is 21.8 Å². The Morgan fingerprint density at radius 1 is 1.19 bits per heavy atom. The van der Waals surface area contributed by atoms with Gasteiger partial charge in [0.15, 0.2) is 0 Å². The molecular formula is C18H19N3O4S. The van der Waals surface area contributed by atoms with Crippen LogP contribution in [0.4, 0.5) is 5.82 Å². The molecule has 26 heavy (non-hydrogen) atoms. The van der Waals surface area contributed by atoms with Gasteiger partial charge in [-0.2, -0.15) is 0 Å². The van der Waals surface area contributed by atoms with Crippen LogP contribution in [0.5, 0.6) is 0 Å². The number of hydrogen-bond donors (Lipinski definition) is 1. The molecule has 1 fully saturated rings. The maximum Gasteiger partial charge on any atom is 0.320 e. The molecule has 0 radical (unpaired) electrons. The number of carbonyl (C=O) groups excluding carboxylic acids is 1. The Morgan fingerprint density at radius 3 is 2.42 bits per heavy atom. The molecule has 2 aromatic rings. The fourth-order valence-electron chi connectivity index (χ4n) is 3.46. The van der Waals surface area contributed by atoms with E-state index in [1.54, 1.807) is 0 Å².